The van der Waals surface area contributed by atoms with Gasteiger partial charge in [0.05, 0.1) is 6.10 Å². The van der Waals surface area contributed by atoms with Crippen molar-refractivity contribution in [3.05, 3.63) is 59.9 Å². The molecule has 1 N–H and O–H groups in total. The lowest BCUT2D eigenvalue weighted by molar-refractivity contribution is -0.0689. The predicted molar refractivity (Wildman–Crippen MR) is 119 cm³/mol. The summed E-state index contributed by atoms with van der Waals surface area (Å²) in [6.45, 7) is 2.14. The summed E-state index contributed by atoms with van der Waals surface area (Å²) >= 11 is 0. The normalized spacial score (nSPS) is 26.9. The summed E-state index contributed by atoms with van der Waals surface area (Å²) < 4.78 is 61.3. The monoisotopic (exact) mass is 462 g/mol. The molecule has 2 saturated heterocycles. The molecule has 1 unspecified atom stereocenters. The molecule has 8 heteroatoms. The zero-order valence-electron chi connectivity index (χ0n) is 17.8. The Labute approximate surface area is 187 Å². The number of benzene rings is 2. The minimum atomic E-state index is -4.03. The second-order valence-corrected chi connectivity index (χ2v) is 11.0. The summed E-state index contributed by atoms with van der Waals surface area (Å²) in [6.07, 6.45) is 3.20. The number of sulfonamides is 1. The molecule has 1 saturated carbocycles. The topological polar surface area (TPSA) is 58.6 Å². The minimum absolute atomic E-state index is 0.116. The first-order chi connectivity index (χ1) is 15.4. The van der Waals surface area contributed by atoms with Crippen LogP contribution in [0.1, 0.15) is 24.8 Å². The van der Waals surface area contributed by atoms with Crippen molar-refractivity contribution in [2.45, 2.75) is 43.9 Å². The molecule has 3 atom stereocenters. The van der Waals surface area contributed by atoms with Crippen LogP contribution in [-0.2, 0) is 21.2 Å². The minimum Gasteiger partial charge on any atom is -0.377 e. The maximum atomic E-state index is 15.6. The van der Waals surface area contributed by atoms with Crippen LogP contribution in [0.3, 0.4) is 0 Å². The Morgan fingerprint density at radius 2 is 1.88 bits per heavy atom. The van der Waals surface area contributed by atoms with Crippen LogP contribution in [-0.4, -0.2) is 57.2 Å². The third-order valence-corrected chi connectivity index (χ3v) is 8.10. The first-order valence-corrected chi connectivity index (χ1v) is 12.8. The van der Waals surface area contributed by atoms with Gasteiger partial charge in [0.25, 0.3) is 0 Å². The van der Waals surface area contributed by atoms with Crippen LogP contribution in [0.5, 0.6) is 0 Å². The van der Waals surface area contributed by atoms with Gasteiger partial charge in [-0.2, -0.15) is 0 Å². The lowest BCUT2D eigenvalue weighted by Crippen LogP contribution is -2.50. The van der Waals surface area contributed by atoms with E-state index in [4.69, 9.17) is 4.74 Å². The van der Waals surface area contributed by atoms with Gasteiger partial charge in [-0.3, -0.25) is 4.90 Å². The molecule has 3 aliphatic rings. The molecular weight excluding hydrogens is 434 g/mol. The highest BCUT2D eigenvalue weighted by Crippen LogP contribution is 2.55. The van der Waals surface area contributed by atoms with E-state index in [1.54, 1.807) is 12.1 Å². The summed E-state index contributed by atoms with van der Waals surface area (Å²) in [6, 6.07) is 12.6. The molecule has 0 bridgehead atoms. The fraction of sp³-hybridized carbons (Fsp3) is 0.500. The van der Waals surface area contributed by atoms with E-state index < -0.39 is 22.1 Å². The van der Waals surface area contributed by atoms with Gasteiger partial charge in [-0.25, -0.2) is 21.9 Å². The van der Waals surface area contributed by atoms with Crippen molar-refractivity contribution in [1.82, 2.24) is 9.62 Å². The predicted octanol–water partition coefficient (Wildman–Crippen LogP) is 3.50. The first kappa shape index (κ1) is 21.9. The van der Waals surface area contributed by atoms with Crippen LogP contribution >= 0.6 is 0 Å². The van der Waals surface area contributed by atoms with Crippen molar-refractivity contribution in [3.63, 3.8) is 0 Å². The highest BCUT2D eigenvalue weighted by atomic mass is 32.2. The Morgan fingerprint density at radius 1 is 1.12 bits per heavy atom. The maximum Gasteiger partial charge on any atom is 0.241 e. The second-order valence-electron chi connectivity index (χ2n) is 9.31. The number of ether oxygens (including phenoxy) is 1. The van der Waals surface area contributed by atoms with Gasteiger partial charge in [0.15, 0.2) is 0 Å². The van der Waals surface area contributed by atoms with Crippen molar-refractivity contribution in [2.24, 2.45) is 5.41 Å². The van der Waals surface area contributed by atoms with E-state index in [1.165, 1.54) is 0 Å². The Kier molecular flexibility index (Phi) is 5.82. The van der Waals surface area contributed by atoms with E-state index in [0.717, 1.165) is 38.0 Å². The standard InChI is InChI=1S/C24H28F2N2O3S/c25-16-32(29,30)27-23-21(28(14-19-9-12-31-19)15-24(23)10-11-24)13-18-7-4-8-20(22(18)26)17-5-2-1-3-6-17/h1-8,19,21,23,27H,9-16H2/t19?,21-,23+/m0/s1. The van der Waals surface area contributed by atoms with Crippen molar-refractivity contribution < 1.29 is 21.9 Å². The Hall–Kier alpha value is -1.87. The lowest BCUT2D eigenvalue weighted by atomic mass is 9.91. The van der Waals surface area contributed by atoms with Gasteiger partial charge in [-0.1, -0.05) is 48.5 Å². The van der Waals surface area contributed by atoms with Crippen molar-refractivity contribution in [3.8, 4) is 11.1 Å². The number of halogens is 2. The van der Waals surface area contributed by atoms with Crippen molar-refractivity contribution >= 4 is 10.0 Å². The fourth-order valence-electron chi connectivity index (χ4n) is 5.24. The summed E-state index contributed by atoms with van der Waals surface area (Å²) in [5.74, 6) is -0.289. The van der Waals surface area contributed by atoms with Crippen LogP contribution in [0.2, 0.25) is 0 Å². The number of alkyl halides is 1. The Balaban J connectivity index is 1.47. The molecule has 172 valence electrons. The van der Waals surface area contributed by atoms with Gasteiger partial charge >= 0.3 is 0 Å². The highest BCUT2D eigenvalue weighted by molar-refractivity contribution is 7.89. The van der Waals surface area contributed by atoms with Crippen molar-refractivity contribution in [2.75, 3.05) is 25.7 Å². The smallest absolute Gasteiger partial charge is 0.241 e. The Morgan fingerprint density at radius 3 is 2.50 bits per heavy atom. The molecule has 5 nitrogen and oxygen atoms in total. The number of hydrogen-bond acceptors (Lipinski definition) is 4. The number of nitrogens with zero attached hydrogens (tertiary/aromatic N) is 1. The van der Waals surface area contributed by atoms with Crippen LogP contribution in [0, 0.1) is 11.2 Å². The molecule has 0 aromatic heterocycles. The number of likely N-dealkylation sites (tertiary alicyclic amines) is 1. The molecule has 2 aromatic rings. The molecule has 2 heterocycles. The van der Waals surface area contributed by atoms with Gasteiger partial charge in [0, 0.05) is 42.8 Å². The summed E-state index contributed by atoms with van der Waals surface area (Å²) in [4.78, 5) is 2.23. The van der Waals surface area contributed by atoms with E-state index in [9.17, 15) is 12.8 Å². The number of nitrogens with one attached hydrogen (secondary N) is 1. The Bertz CT molecular complexity index is 1070. The lowest BCUT2D eigenvalue weighted by Gasteiger charge is -2.35. The van der Waals surface area contributed by atoms with E-state index >= 15 is 4.39 Å². The molecule has 1 aliphatic carbocycles. The molecule has 5 rings (SSSR count). The molecule has 0 amide bonds. The summed E-state index contributed by atoms with van der Waals surface area (Å²) in [5, 5.41) is 0. The van der Waals surface area contributed by atoms with Gasteiger partial charge in [0.1, 0.15) is 5.82 Å². The summed E-state index contributed by atoms with van der Waals surface area (Å²) in [7, 11) is -4.03. The molecule has 1 spiro atoms. The second kappa shape index (κ2) is 8.48. The third kappa shape index (κ3) is 4.21. The molecule has 2 aliphatic heterocycles. The number of hydrogen-bond donors (Lipinski definition) is 1. The van der Waals surface area contributed by atoms with Gasteiger partial charge < -0.3 is 4.74 Å². The number of rotatable bonds is 8. The van der Waals surface area contributed by atoms with Gasteiger partial charge in [0.2, 0.25) is 16.0 Å². The SMILES string of the molecule is O=S(=O)(CF)N[C@@H]1[C@H](Cc2cccc(-c3ccccc3)c2F)N(CC2CCO2)CC12CC2. The first-order valence-electron chi connectivity index (χ1n) is 11.2. The van der Waals surface area contributed by atoms with Crippen LogP contribution in [0.4, 0.5) is 8.78 Å². The van der Waals surface area contributed by atoms with Crippen molar-refractivity contribution in [1.29, 1.82) is 0 Å². The molecule has 3 fully saturated rings. The summed E-state index contributed by atoms with van der Waals surface area (Å²) in [5.41, 5.74) is 1.66. The highest BCUT2D eigenvalue weighted by Gasteiger charge is 2.60. The van der Waals surface area contributed by atoms with E-state index in [1.807, 2.05) is 36.4 Å². The molecular formula is C24H28F2N2O3S. The molecule has 0 radical (unpaired) electrons. The van der Waals surface area contributed by atoms with Gasteiger partial charge in [-0.05, 0) is 36.8 Å². The average molecular weight is 463 g/mol. The van der Waals surface area contributed by atoms with Gasteiger partial charge in [-0.15, -0.1) is 0 Å². The molecule has 2 aromatic carbocycles. The fourth-order valence-corrected chi connectivity index (χ4v) is 6.09. The maximum absolute atomic E-state index is 15.6. The zero-order valence-corrected chi connectivity index (χ0v) is 18.7. The zero-order chi connectivity index (χ0) is 22.3. The quantitative estimate of drug-likeness (QED) is 0.653. The van der Waals surface area contributed by atoms with Crippen LogP contribution in [0.15, 0.2) is 48.5 Å². The molecule has 32 heavy (non-hydrogen) atoms. The third-order valence-electron chi connectivity index (χ3n) is 7.20. The van der Waals surface area contributed by atoms with E-state index in [2.05, 4.69) is 9.62 Å². The average Bonchev–Trinajstić information content (AvgIpc) is 3.49. The largest absolute Gasteiger partial charge is 0.377 e. The van der Waals surface area contributed by atoms with E-state index in [-0.39, 0.29) is 23.4 Å². The van der Waals surface area contributed by atoms with Crippen LogP contribution in [0.25, 0.3) is 11.1 Å². The van der Waals surface area contributed by atoms with Crippen LogP contribution < -0.4 is 4.72 Å². The van der Waals surface area contributed by atoms with E-state index in [0.29, 0.717) is 24.1 Å².